The van der Waals surface area contributed by atoms with Crippen LogP contribution in [0.3, 0.4) is 0 Å². The first kappa shape index (κ1) is 14.6. The molecule has 1 fully saturated rings. The molecule has 0 unspecified atom stereocenters. The second-order valence-electron chi connectivity index (χ2n) is 5.12. The van der Waals surface area contributed by atoms with E-state index in [1.165, 1.54) is 24.3 Å². The van der Waals surface area contributed by atoms with Gasteiger partial charge in [-0.15, -0.1) is 0 Å². The van der Waals surface area contributed by atoms with Crippen molar-refractivity contribution in [2.24, 2.45) is 0 Å². The Labute approximate surface area is 126 Å². The van der Waals surface area contributed by atoms with E-state index < -0.39 is 0 Å². The van der Waals surface area contributed by atoms with Gasteiger partial charge in [0.1, 0.15) is 5.82 Å². The Hall–Kier alpha value is -2.28. The zero-order chi connectivity index (χ0) is 15.4. The largest absolute Gasteiger partial charge is 0.381 e. The Morgan fingerprint density at radius 1 is 1.36 bits per heavy atom. The Balaban J connectivity index is 1.48. The van der Waals surface area contributed by atoms with E-state index in [-0.39, 0.29) is 17.6 Å². The van der Waals surface area contributed by atoms with Gasteiger partial charge in [0.2, 0.25) is 5.89 Å². The zero-order valence-corrected chi connectivity index (χ0v) is 11.9. The first-order valence-corrected chi connectivity index (χ1v) is 7.16. The number of carbonyl (C=O) groups is 1. The lowest BCUT2D eigenvalue weighted by Gasteiger charge is -2.03. The molecule has 1 N–H and O–H groups in total. The SMILES string of the molecule is O=C(NCCc1nc([C@@H]2CCOC2)no1)c1ccc(F)cc1. The summed E-state index contributed by atoms with van der Waals surface area (Å²) in [7, 11) is 0. The lowest BCUT2D eigenvalue weighted by molar-refractivity contribution is 0.0953. The van der Waals surface area contributed by atoms with Gasteiger partial charge >= 0.3 is 0 Å². The van der Waals surface area contributed by atoms with Crippen LogP contribution in [0.1, 0.15) is 34.4 Å². The second-order valence-corrected chi connectivity index (χ2v) is 5.12. The summed E-state index contributed by atoms with van der Waals surface area (Å²) >= 11 is 0. The second kappa shape index (κ2) is 6.65. The van der Waals surface area contributed by atoms with Gasteiger partial charge in [0.15, 0.2) is 5.82 Å². The van der Waals surface area contributed by atoms with Crippen molar-refractivity contribution in [1.82, 2.24) is 15.5 Å². The van der Waals surface area contributed by atoms with Crippen LogP contribution in [0.4, 0.5) is 4.39 Å². The number of nitrogens with zero attached hydrogens (tertiary/aromatic N) is 2. The fraction of sp³-hybridized carbons (Fsp3) is 0.400. The third kappa shape index (κ3) is 3.48. The molecule has 1 aliphatic heterocycles. The summed E-state index contributed by atoms with van der Waals surface area (Å²) < 4.78 is 23.2. The van der Waals surface area contributed by atoms with Gasteiger partial charge in [-0.3, -0.25) is 4.79 Å². The highest BCUT2D eigenvalue weighted by atomic mass is 19.1. The third-order valence-corrected chi connectivity index (χ3v) is 3.51. The van der Waals surface area contributed by atoms with Crippen LogP contribution in [0, 0.1) is 5.82 Å². The van der Waals surface area contributed by atoms with Crippen LogP contribution < -0.4 is 5.32 Å². The average molecular weight is 305 g/mol. The molecule has 1 amide bonds. The summed E-state index contributed by atoms with van der Waals surface area (Å²) in [5, 5.41) is 6.68. The minimum Gasteiger partial charge on any atom is -0.381 e. The van der Waals surface area contributed by atoms with Crippen molar-refractivity contribution in [1.29, 1.82) is 0 Å². The molecule has 1 aromatic carbocycles. The molecule has 0 aliphatic carbocycles. The Kier molecular flexibility index (Phi) is 4.43. The quantitative estimate of drug-likeness (QED) is 0.909. The van der Waals surface area contributed by atoms with Gasteiger partial charge in [0.05, 0.1) is 6.61 Å². The van der Waals surface area contributed by atoms with Gasteiger partial charge < -0.3 is 14.6 Å². The van der Waals surface area contributed by atoms with E-state index in [0.29, 0.717) is 36.9 Å². The summed E-state index contributed by atoms with van der Waals surface area (Å²) in [5.41, 5.74) is 0.413. The van der Waals surface area contributed by atoms with Gasteiger partial charge in [-0.05, 0) is 30.7 Å². The summed E-state index contributed by atoms with van der Waals surface area (Å²) in [6.07, 6.45) is 1.35. The van der Waals surface area contributed by atoms with Gasteiger partial charge in [0, 0.05) is 31.1 Å². The normalized spacial score (nSPS) is 17.6. The molecule has 7 heteroatoms. The van der Waals surface area contributed by atoms with E-state index in [9.17, 15) is 9.18 Å². The number of aromatic nitrogens is 2. The highest BCUT2D eigenvalue weighted by molar-refractivity contribution is 5.94. The molecule has 6 nitrogen and oxygen atoms in total. The number of hydrogen-bond donors (Lipinski definition) is 1. The van der Waals surface area contributed by atoms with E-state index in [1.54, 1.807) is 0 Å². The average Bonchev–Trinajstić information content (AvgIpc) is 3.19. The van der Waals surface area contributed by atoms with Crippen molar-refractivity contribution >= 4 is 5.91 Å². The number of amides is 1. The Morgan fingerprint density at radius 3 is 2.91 bits per heavy atom. The molecule has 2 aromatic rings. The van der Waals surface area contributed by atoms with E-state index in [2.05, 4.69) is 15.5 Å². The van der Waals surface area contributed by atoms with Crippen molar-refractivity contribution in [2.45, 2.75) is 18.8 Å². The minimum absolute atomic E-state index is 0.200. The predicted octanol–water partition coefficient (Wildman–Crippen LogP) is 1.69. The van der Waals surface area contributed by atoms with E-state index in [4.69, 9.17) is 9.26 Å². The molecule has 0 radical (unpaired) electrons. The molecule has 116 valence electrons. The molecule has 1 aromatic heterocycles. The molecule has 0 bridgehead atoms. The zero-order valence-electron chi connectivity index (χ0n) is 11.9. The molecule has 1 saturated heterocycles. The van der Waals surface area contributed by atoms with Crippen molar-refractivity contribution in [2.75, 3.05) is 19.8 Å². The number of rotatable bonds is 5. The Bertz CT molecular complexity index is 636. The topological polar surface area (TPSA) is 77.2 Å². The first-order chi connectivity index (χ1) is 10.7. The van der Waals surface area contributed by atoms with Gasteiger partial charge in [-0.1, -0.05) is 5.16 Å². The van der Waals surface area contributed by atoms with Crippen LogP contribution >= 0.6 is 0 Å². The van der Waals surface area contributed by atoms with Crippen LogP contribution in [-0.2, 0) is 11.2 Å². The van der Waals surface area contributed by atoms with E-state index in [1.807, 2.05) is 0 Å². The lowest BCUT2D eigenvalue weighted by Crippen LogP contribution is -2.25. The summed E-state index contributed by atoms with van der Waals surface area (Å²) in [6.45, 7) is 1.72. The lowest BCUT2D eigenvalue weighted by atomic mass is 10.1. The van der Waals surface area contributed by atoms with Crippen molar-refractivity contribution in [3.8, 4) is 0 Å². The van der Waals surface area contributed by atoms with Crippen LogP contribution in [0.5, 0.6) is 0 Å². The minimum atomic E-state index is -0.370. The van der Waals surface area contributed by atoms with Crippen molar-refractivity contribution < 1.29 is 18.4 Å². The molecule has 2 heterocycles. The number of benzene rings is 1. The predicted molar refractivity (Wildman–Crippen MR) is 74.9 cm³/mol. The maximum atomic E-state index is 12.8. The van der Waals surface area contributed by atoms with Gasteiger partial charge in [-0.25, -0.2) is 4.39 Å². The Morgan fingerprint density at radius 2 is 2.18 bits per heavy atom. The molecule has 0 spiro atoms. The fourth-order valence-electron chi connectivity index (χ4n) is 2.26. The molecular formula is C15H16FN3O3. The maximum Gasteiger partial charge on any atom is 0.251 e. The van der Waals surface area contributed by atoms with Crippen LogP contribution in [-0.4, -0.2) is 35.8 Å². The molecule has 1 atom stereocenters. The highest BCUT2D eigenvalue weighted by Crippen LogP contribution is 2.22. The highest BCUT2D eigenvalue weighted by Gasteiger charge is 2.22. The number of hydrogen-bond acceptors (Lipinski definition) is 5. The van der Waals surface area contributed by atoms with Crippen LogP contribution in [0.25, 0.3) is 0 Å². The number of halogens is 1. The number of nitrogens with one attached hydrogen (secondary N) is 1. The van der Waals surface area contributed by atoms with Gasteiger partial charge in [-0.2, -0.15) is 4.98 Å². The molecule has 0 saturated carbocycles. The molecular weight excluding hydrogens is 289 g/mol. The first-order valence-electron chi connectivity index (χ1n) is 7.16. The summed E-state index contributed by atoms with van der Waals surface area (Å²) in [4.78, 5) is 16.2. The molecule has 22 heavy (non-hydrogen) atoms. The smallest absolute Gasteiger partial charge is 0.251 e. The van der Waals surface area contributed by atoms with Crippen LogP contribution in [0.15, 0.2) is 28.8 Å². The maximum absolute atomic E-state index is 12.8. The van der Waals surface area contributed by atoms with Crippen molar-refractivity contribution in [3.05, 3.63) is 47.4 Å². The molecule has 3 rings (SSSR count). The molecule has 1 aliphatic rings. The summed E-state index contributed by atoms with van der Waals surface area (Å²) in [6, 6.07) is 5.39. The van der Waals surface area contributed by atoms with E-state index in [0.717, 1.165) is 13.0 Å². The van der Waals surface area contributed by atoms with Crippen LogP contribution in [0.2, 0.25) is 0 Å². The summed E-state index contributed by atoms with van der Waals surface area (Å²) in [5.74, 6) is 0.722. The monoisotopic (exact) mass is 305 g/mol. The van der Waals surface area contributed by atoms with Gasteiger partial charge in [0.25, 0.3) is 5.91 Å². The van der Waals surface area contributed by atoms with Crippen molar-refractivity contribution in [3.63, 3.8) is 0 Å². The fourth-order valence-corrected chi connectivity index (χ4v) is 2.26. The standard InChI is InChI=1S/C15H16FN3O3/c16-12-3-1-10(2-4-12)15(20)17-7-5-13-18-14(19-22-13)11-6-8-21-9-11/h1-4,11H,5-9H2,(H,17,20)/t11-/m1/s1. The van der Waals surface area contributed by atoms with E-state index >= 15 is 0 Å². The number of carbonyl (C=O) groups excluding carboxylic acids is 1. The third-order valence-electron chi connectivity index (χ3n) is 3.51. The number of ether oxygens (including phenoxy) is 1.